The Kier molecular flexibility index (Phi) is 5.45. The van der Waals surface area contributed by atoms with Crippen LogP contribution < -0.4 is 5.32 Å². The Morgan fingerprint density at radius 2 is 1.86 bits per heavy atom. The third kappa shape index (κ3) is 4.59. The van der Waals surface area contributed by atoms with Gasteiger partial charge in [0.05, 0.1) is 10.7 Å². The first-order valence-corrected chi connectivity index (χ1v) is 7.42. The molecule has 1 aromatic rings. The minimum absolute atomic E-state index is 0.168. The number of anilines is 1. The van der Waals surface area contributed by atoms with E-state index in [4.69, 9.17) is 23.2 Å². The molecule has 1 saturated heterocycles. The van der Waals surface area contributed by atoms with Gasteiger partial charge in [0.25, 0.3) is 0 Å². The highest BCUT2D eigenvalue weighted by Gasteiger charge is 2.21. The molecular weight excluding hydrogens is 313 g/mol. The Balaban J connectivity index is 1.89. The number of likely N-dealkylation sites (N-methyl/N-ethyl adjacent to an activating group) is 1. The fraction of sp³-hybridized carbons (Fsp3) is 0.429. The summed E-state index contributed by atoms with van der Waals surface area (Å²) in [6, 6.07) is 4.79. The van der Waals surface area contributed by atoms with Crippen LogP contribution >= 0.6 is 23.2 Å². The van der Waals surface area contributed by atoms with Crippen molar-refractivity contribution in [1.29, 1.82) is 0 Å². The van der Waals surface area contributed by atoms with Crippen LogP contribution in [0.4, 0.5) is 5.69 Å². The zero-order valence-corrected chi connectivity index (χ0v) is 13.2. The summed E-state index contributed by atoms with van der Waals surface area (Å²) in [6.07, 6.45) is -0.188. The van der Waals surface area contributed by atoms with Crippen molar-refractivity contribution in [3.8, 4) is 0 Å². The predicted octanol–water partition coefficient (Wildman–Crippen LogP) is 2.10. The van der Waals surface area contributed by atoms with Gasteiger partial charge in [-0.05, 0) is 25.2 Å². The normalized spacial score (nSPS) is 15.9. The first kappa shape index (κ1) is 16.1. The Morgan fingerprint density at radius 1 is 1.19 bits per heavy atom. The number of hydrogen-bond acceptors (Lipinski definition) is 3. The lowest BCUT2D eigenvalue weighted by Gasteiger charge is -2.32. The number of amides is 2. The maximum Gasteiger partial charge on any atom is 0.233 e. The zero-order chi connectivity index (χ0) is 15.4. The molecule has 2 amide bonds. The van der Waals surface area contributed by atoms with Crippen LogP contribution in [-0.2, 0) is 9.59 Å². The number of carbonyl (C=O) groups is 2. The number of rotatable bonds is 3. The molecule has 0 aliphatic carbocycles. The summed E-state index contributed by atoms with van der Waals surface area (Å²) in [5.41, 5.74) is 0.417. The number of nitrogens with zero attached hydrogens (tertiary/aromatic N) is 2. The SMILES string of the molecule is CN1CCN(C(=O)CC(=O)Nc2cc(Cl)ccc2Cl)CC1. The molecule has 1 heterocycles. The quantitative estimate of drug-likeness (QED) is 0.864. The molecule has 7 heteroatoms. The van der Waals surface area contributed by atoms with Crippen molar-refractivity contribution in [3.05, 3.63) is 28.2 Å². The molecule has 114 valence electrons. The van der Waals surface area contributed by atoms with E-state index in [0.29, 0.717) is 28.8 Å². The Morgan fingerprint density at radius 3 is 2.52 bits per heavy atom. The Bertz CT molecular complexity index is 543. The Hall–Kier alpha value is -1.30. The van der Waals surface area contributed by atoms with E-state index in [9.17, 15) is 9.59 Å². The van der Waals surface area contributed by atoms with E-state index in [1.165, 1.54) is 0 Å². The van der Waals surface area contributed by atoms with Gasteiger partial charge in [-0.3, -0.25) is 9.59 Å². The lowest BCUT2D eigenvalue weighted by atomic mass is 10.2. The highest BCUT2D eigenvalue weighted by atomic mass is 35.5. The monoisotopic (exact) mass is 329 g/mol. The van der Waals surface area contributed by atoms with Gasteiger partial charge in [0.1, 0.15) is 6.42 Å². The van der Waals surface area contributed by atoms with Crippen molar-refractivity contribution in [2.75, 3.05) is 38.5 Å². The first-order valence-electron chi connectivity index (χ1n) is 6.67. The smallest absolute Gasteiger partial charge is 0.233 e. The van der Waals surface area contributed by atoms with Gasteiger partial charge in [-0.1, -0.05) is 23.2 Å². The number of benzene rings is 1. The second-order valence-electron chi connectivity index (χ2n) is 5.03. The molecule has 0 atom stereocenters. The van der Waals surface area contributed by atoms with E-state index in [0.717, 1.165) is 13.1 Å². The van der Waals surface area contributed by atoms with Crippen molar-refractivity contribution in [1.82, 2.24) is 9.80 Å². The summed E-state index contributed by atoms with van der Waals surface area (Å²) in [5, 5.41) is 3.48. The van der Waals surface area contributed by atoms with Gasteiger partial charge in [-0.2, -0.15) is 0 Å². The molecule has 0 bridgehead atoms. The van der Waals surface area contributed by atoms with Gasteiger partial charge < -0.3 is 15.1 Å². The number of piperazine rings is 1. The average Bonchev–Trinajstić information content (AvgIpc) is 2.43. The number of carbonyl (C=O) groups excluding carboxylic acids is 2. The van der Waals surface area contributed by atoms with Gasteiger partial charge >= 0.3 is 0 Å². The fourth-order valence-corrected chi connectivity index (χ4v) is 2.43. The molecule has 0 spiro atoms. The van der Waals surface area contributed by atoms with Gasteiger partial charge in [-0.25, -0.2) is 0 Å². The third-order valence-electron chi connectivity index (χ3n) is 3.37. The molecule has 0 aromatic heterocycles. The minimum Gasteiger partial charge on any atom is -0.340 e. The average molecular weight is 330 g/mol. The number of hydrogen-bond donors (Lipinski definition) is 1. The molecule has 1 aliphatic heterocycles. The first-order chi connectivity index (χ1) is 9.95. The van der Waals surface area contributed by atoms with Gasteiger partial charge in [0.15, 0.2) is 0 Å². The molecule has 1 N–H and O–H groups in total. The lowest BCUT2D eigenvalue weighted by molar-refractivity contribution is -0.135. The summed E-state index contributed by atoms with van der Waals surface area (Å²) in [4.78, 5) is 27.8. The van der Waals surface area contributed by atoms with E-state index >= 15 is 0 Å². The molecule has 1 aromatic carbocycles. The van der Waals surface area contributed by atoms with Crippen LogP contribution in [0, 0.1) is 0 Å². The second kappa shape index (κ2) is 7.11. The Labute approximate surface area is 133 Å². The maximum absolute atomic E-state index is 12.0. The summed E-state index contributed by atoms with van der Waals surface area (Å²) in [5.74, 6) is -0.554. The van der Waals surface area contributed by atoms with Crippen LogP contribution in [0.15, 0.2) is 18.2 Å². The highest BCUT2D eigenvalue weighted by molar-refractivity contribution is 6.35. The molecule has 1 fully saturated rings. The topological polar surface area (TPSA) is 52.7 Å². The summed E-state index contributed by atoms with van der Waals surface area (Å²) >= 11 is 11.8. The molecule has 21 heavy (non-hydrogen) atoms. The highest BCUT2D eigenvalue weighted by Crippen LogP contribution is 2.25. The van der Waals surface area contributed by atoms with Crippen LogP contribution in [0.25, 0.3) is 0 Å². The van der Waals surface area contributed by atoms with E-state index < -0.39 is 0 Å². The molecule has 1 aliphatic rings. The summed E-state index contributed by atoms with van der Waals surface area (Å²) < 4.78 is 0. The van der Waals surface area contributed by atoms with Crippen molar-refractivity contribution in [2.24, 2.45) is 0 Å². The van der Waals surface area contributed by atoms with Crippen LogP contribution in [0.5, 0.6) is 0 Å². The van der Waals surface area contributed by atoms with E-state index in [1.54, 1.807) is 23.1 Å². The van der Waals surface area contributed by atoms with Crippen LogP contribution in [0.2, 0.25) is 10.0 Å². The summed E-state index contributed by atoms with van der Waals surface area (Å²) in [6.45, 7) is 2.96. The van der Waals surface area contributed by atoms with Gasteiger partial charge in [-0.15, -0.1) is 0 Å². The van der Waals surface area contributed by atoms with Crippen molar-refractivity contribution in [3.63, 3.8) is 0 Å². The largest absolute Gasteiger partial charge is 0.340 e. The van der Waals surface area contributed by atoms with Gasteiger partial charge in [0, 0.05) is 31.2 Å². The van der Waals surface area contributed by atoms with Crippen LogP contribution in [0.3, 0.4) is 0 Å². The van der Waals surface area contributed by atoms with Crippen LogP contribution in [-0.4, -0.2) is 54.8 Å². The maximum atomic E-state index is 12.0. The number of halogens is 2. The molecule has 0 saturated carbocycles. The van der Waals surface area contributed by atoms with Crippen LogP contribution in [0.1, 0.15) is 6.42 Å². The van der Waals surface area contributed by atoms with Crippen molar-refractivity contribution >= 4 is 40.7 Å². The molecule has 5 nitrogen and oxygen atoms in total. The summed E-state index contributed by atoms with van der Waals surface area (Å²) in [7, 11) is 2.01. The minimum atomic E-state index is -0.386. The van der Waals surface area contributed by atoms with Gasteiger partial charge in [0.2, 0.25) is 11.8 Å². The molecular formula is C14H17Cl2N3O2. The second-order valence-corrected chi connectivity index (χ2v) is 5.88. The zero-order valence-electron chi connectivity index (χ0n) is 11.7. The third-order valence-corrected chi connectivity index (χ3v) is 3.93. The van der Waals surface area contributed by atoms with E-state index in [2.05, 4.69) is 10.2 Å². The fourth-order valence-electron chi connectivity index (χ4n) is 2.09. The lowest BCUT2D eigenvalue weighted by Crippen LogP contribution is -2.47. The number of nitrogens with one attached hydrogen (secondary N) is 1. The predicted molar refractivity (Wildman–Crippen MR) is 83.8 cm³/mol. The van der Waals surface area contributed by atoms with E-state index in [1.807, 2.05) is 7.05 Å². The van der Waals surface area contributed by atoms with Crippen molar-refractivity contribution in [2.45, 2.75) is 6.42 Å². The standard InChI is InChI=1S/C14H17Cl2N3O2/c1-18-4-6-19(7-5-18)14(21)9-13(20)17-12-8-10(15)2-3-11(12)16/h2-3,8H,4-7,9H2,1H3,(H,17,20). The van der Waals surface area contributed by atoms with Crippen molar-refractivity contribution < 1.29 is 9.59 Å². The van der Waals surface area contributed by atoms with E-state index in [-0.39, 0.29) is 18.2 Å². The molecule has 0 radical (unpaired) electrons. The molecule has 2 rings (SSSR count). The molecule has 0 unspecified atom stereocenters.